The Morgan fingerprint density at radius 3 is 2.84 bits per heavy atom. The molecule has 2 fully saturated rings. The van der Waals surface area contributed by atoms with Gasteiger partial charge in [-0.15, -0.1) is 0 Å². The highest BCUT2D eigenvalue weighted by Gasteiger charge is 2.57. The zero-order valence-electron chi connectivity index (χ0n) is 15.3. The Hall–Kier alpha value is -1.71. The lowest BCUT2D eigenvalue weighted by molar-refractivity contribution is -0.0579. The topological polar surface area (TPSA) is 55.8 Å². The number of fused-ring (bicyclic) bond motifs is 5. The Kier molecular flexibility index (Phi) is 3.97. The molecule has 1 N–H and O–H groups in total. The number of hydrogen-bond acceptors (Lipinski definition) is 4. The molecule has 4 rings (SSSR count). The van der Waals surface area contributed by atoms with Crippen molar-refractivity contribution in [3.05, 3.63) is 29.3 Å². The van der Waals surface area contributed by atoms with Crippen LogP contribution in [0.1, 0.15) is 56.6 Å². The molecule has 3 aliphatic rings. The fourth-order valence-corrected chi connectivity index (χ4v) is 6.27. The van der Waals surface area contributed by atoms with Gasteiger partial charge in [0, 0.05) is 5.41 Å². The van der Waals surface area contributed by atoms with Crippen LogP contribution in [0.2, 0.25) is 0 Å². The van der Waals surface area contributed by atoms with Gasteiger partial charge in [0.25, 0.3) is 0 Å². The van der Waals surface area contributed by atoms with Crippen molar-refractivity contribution in [2.75, 3.05) is 7.11 Å². The predicted molar refractivity (Wildman–Crippen MR) is 94.5 cm³/mol. The molecule has 0 bridgehead atoms. The third kappa shape index (κ3) is 2.52. The number of aromatic hydroxyl groups is 1. The van der Waals surface area contributed by atoms with Crippen molar-refractivity contribution in [2.45, 2.75) is 58.0 Å². The number of benzene rings is 1. The maximum Gasteiger partial charge on any atom is 0.508 e. The van der Waals surface area contributed by atoms with Crippen LogP contribution in [0, 0.1) is 23.2 Å². The van der Waals surface area contributed by atoms with Crippen LogP contribution in [0.5, 0.6) is 5.75 Å². The van der Waals surface area contributed by atoms with Crippen LogP contribution in [0.4, 0.5) is 4.79 Å². The molecule has 3 unspecified atom stereocenters. The summed E-state index contributed by atoms with van der Waals surface area (Å²) < 4.78 is 10.4. The van der Waals surface area contributed by atoms with Crippen LogP contribution < -0.4 is 0 Å². The molecule has 1 aromatic carbocycles. The molecule has 2 saturated carbocycles. The minimum atomic E-state index is -0.550. The van der Waals surface area contributed by atoms with Gasteiger partial charge in [-0.25, -0.2) is 4.79 Å². The van der Waals surface area contributed by atoms with E-state index < -0.39 is 6.16 Å². The molecular weight excluding hydrogens is 316 g/mol. The van der Waals surface area contributed by atoms with Crippen molar-refractivity contribution in [2.24, 2.45) is 23.2 Å². The SMILES string of the molecule is COC(=O)O[C@H]1CCC2C3C(CC[C@@]21C)c1ccc(O)cc1C[C@@H]3C. The monoisotopic (exact) mass is 344 g/mol. The van der Waals surface area contributed by atoms with E-state index in [4.69, 9.17) is 9.47 Å². The third-order valence-electron chi connectivity index (χ3n) is 7.38. The van der Waals surface area contributed by atoms with E-state index in [2.05, 4.69) is 19.9 Å². The Labute approximate surface area is 149 Å². The smallest absolute Gasteiger partial charge is 0.508 e. The highest BCUT2D eigenvalue weighted by atomic mass is 16.7. The van der Waals surface area contributed by atoms with E-state index in [9.17, 15) is 9.90 Å². The lowest BCUT2D eigenvalue weighted by Crippen LogP contribution is -2.47. The third-order valence-corrected chi connectivity index (χ3v) is 7.38. The standard InChI is InChI=1S/C21H28O4/c1-12-10-13-11-14(22)4-5-15(13)16-8-9-21(2)17(19(12)16)6-7-18(21)25-20(23)24-3/h4-5,11-12,16-19,22H,6-10H2,1-3H3/t12-,16?,17?,18-,19?,21-/m0/s1. The van der Waals surface area contributed by atoms with Gasteiger partial charge in [0.15, 0.2) is 0 Å². The summed E-state index contributed by atoms with van der Waals surface area (Å²) in [6.45, 7) is 4.67. The van der Waals surface area contributed by atoms with Gasteiger partial charge in [-0.2, -0.15) is 0 Å². The zero-order chi connectivity index (χ0) is 17.8. The molecule has 1 aromatic rings. The summed E-state index contributed by atoms with van der Waals surface area (Å²) in [7, 11) is 1.38. The summed E-state index contributed by atoms with van der Waals surface area (Å²) >= 11 is 0. The summed E-state index contributed by atoms with van der Waals surface area (Å²) in [6.07, 6.45) is 4.71. The van der Waals surface area contributed by atoms with E-state index in [1.165, 1.54) is 18.2 Å². The molecule has 4 nitrogen and oxygen atoms in total. The maximum atomic E-state index is 11.7. The van der Waals surface area contributed by atoms with Crippen molar-refractivity contribution in [3.63, 3.8) is 0 Å². The minimum Gasteiger partial charge on any atom is -0.508 e. The summed E-state index contributed by atoms with van der Waals surface area (Å²) in [5.74, 6) is 2.73. The van der Waals surface area contributed by atoms with Gasteiger partial charge in [-0.1, -0.05) is 19.9 Å². The van der Waals surface area contributed by atoms with Crippen LogP contribution >= 0.6 is 0 Å². The highest BCUT2D eigenvalue weighted by Crippen LogP contribution is 2.62. The zero-order valence-corrected chi connectivity index (χ0v) is 15.3. The number of ether oxygens (including phenoxy) is 2. The minimum absolute atomic E-state index is 0.0284. The first-order chi connectivity index (χ1) is 11.9. The van der Waals surface area contributed by atoms with E-state index in [-0.39, 0.29) is 11.5 Å². The van der Waals surface area contributed by atoms with Crippen molar-refractivity contribution in [1.82, 2.24) is 0 Å². The fraction of sp³-hybridized carbons (Fsp3) is 0.667. The first-order valence-corrected chi connectivity index (χ1v) is 9.50. The van der Waals surface area contributed by atoms with Gasteiger partial charge < -0.3 is 14.6 Å². The number of hydrogen-bond donors (Lipinski definition) is 1. The van der Waals surface area contributed by atoms with Crippen molar-refractivity contribution in [1.29, 1.82) is 0 Å². The van der Waals surface area contributed by atoms with E-state index >= 15 is 0 Å². The van der Waals surface area contributed by atoms with Gasteiger partial charge in [0.1, 0.15) is 11.9 Å². The van der Waals surface area contributed by atoms with Gasteiger partial charge in [0.2, 0.25) is 0 Å². The molecule has 25 heavy (non-hydrogen) atoms. The van der Waals surface area contributed by atoms with E-state index in [1.807, 2.05) is 12.1 Å². The normalized spacial score (nSPS) is 39.1. The van der Waals surface area contributed by atoms with Gasteiger partial charge in [-0.3, -0.25) is 0 Å². The van der Waals surface area contributed by atoms with Crippen LogP contribution in [-0.2, 0) is 15.9 Å². The Morgan fingerprint density at radius 1 is 1.28 bits per heavy atom. The molecule has 0 aromatic heterocycles. The lowest BCUT2D eigenvalue weighted by atomic mass is 9.53. The van der Waals surface area contributed by atoms with Crippen molar-refractivity contribution in [3.8, 4) is 5.75 Å². The number of rotatable bonds is 1. The van der Waals surface area contributed by atoms with Crippen LogP contribution in [0.25, 0.3) is 0 Å². The van der Waals surface area contributed by atoms with Gasteiger partial charge >= 0.3 is 6.16 Å². The number of phenols is 1. The second-order valence-electron chi connectivity index (χ2n) is 8.54. The molecule has 0 heterocycles. The molecule has 6 atom stereocenters. The first kappa shape index (κ1) is 16.7. The average Bonchev–Trinajstić information content (AvgIpc) is 2.90. The number of methoxy groups -OCH3 is 1. The van der Waals surface area contributed by atoms with Gasteiger partial charge in [-0.05, 0) is 79.0 Å². The Bertz CT molecular complexity index is 684. The van der Waals surface area contributed by atoms with Crippen LogP contribution in [0.3, 0.4) is 0 Å². The predicted octanol–water partition coefficient (Wildman–Crippen LogP) is 4.65. The molecular formula is C21H28O4. The second-order valence-corrected chi connectivity index (χ2v) is 8.54. The first-order valence-electron chi connectivity index (χ1n) is 9.50. The molecule has 3 aliphatic carbocycles. The lowest BCUT2D eigenvalue weighted by Gasteiger charge is -2.52. The fourth-order valence-electron chi connectivity index (χ4n) is 6.27. The summed E-state index contributed by atoms with van der Waals surface area (Å²) in [5.41, 5.74) is 2.80. The number of carbonyl (C=O) groups excluding carboxylic acids is 1. The second kappa shape index (κ2) is 5.93. The molecule has 0 amide bonds. The summed E-state index contributed by atoms with van der Waals surface area (Å²) in [6, 6.07) is 5.92. The molecule has 0 saturated heterocycles. The van der Waals surface area contributed by atoms with Gasteiger partial charge in [0.05, 0.1) is 7.11 Å². The molecule has 0 spiro atoms. The number of phenolic OH excluding ortho intramolecular Hbond substituents is 1. The molecule has 4 heteroatoms. The summed E-state index contributed by atoms with van der Waals surface area (Å²) in [4.78, 5) is 11.7. The average molecular weight is 344 g/mol. The quantitative estimate of drug-likeness (QED) is 0.754. The van der Waals surface area contributed by atoms with Crippen LogP contribution in [0.15, 0.2) is 18.2 Å². The Balaban J connectivity index is 1.64. The van der Waals surface area contributed by atoms with E-state index in [0.717, 1.165) is 32.1 Å². The number of carbonyl (C=O) groups is 1. The maximum absolute atomic E-state index is 11.7. The van der Waals surface area contributed by atoms with Crippen molar-refractivity contribution < 1.29 is 19.4 Å². The molecule has 0 radical (unpaired) electrons. The van der Waals surface area contributed by atoms with E-state index in [0.29, 0.717) is 29.4 Å². The van der Waals surface area contributed by atoms with Crippen LogP contribution in [-0.4, -0.2) is 24.5 Å². The van der Waals surface area contributed by atoms with Crippen molar-refractivity contribution >= 4 is 6.16 Å². The van der Waals surface area contributed by atoms with E-state index in [1.54, 1.807) is 0 Å². The molecule has 136 valence electrons. The summed E-state index contributed by atoms with van der Waals surface area (Å²) in [5, 5.41) is 9.84. The molecule has 0 aliphatic heterocycles. The highest BCUT2D eigenvalue weighted by molar-refractivity contribution is 5.60. The largest absolute Gasteiger partial charge is 0.508 e. The Morgan fingerprint density at radius 2 is 2.08 bits per heavy atom.